The van der Waals surface area contributed by atoms with Crippen molar-refractivity contribution in [1.82, 2.24) is 4.90 Å². The maximum atomic E-state index is 14.8. The van der Waals surface area contributed by atoms with E-state index < -0.39 is 28.8 Å². The smallest absolute Gasteiger partial charge is 0.415 e. The van der Waals surface area contributed by atoms with Crippen LogP contribution in [-0.4, -0.2) is 70.0 Å². The quantitative estimate of drug-likeness (QED) is 0.0296. The summed E-state index contributed by atoms with van der Waals surface area (Å²) in [6.07, 6.45) is 8.41. The second kappa shape index (κ2) is 23.0. The average Bonchev–Trinajstić information content (AvgIpc) is 3.37. The van der Waals surface area contributed by atoms with Crippen molar-refractivity contribution in [2.24, 2.45) is 22.9 Å². The van der Waals surface area contributed by atoms with Crippen LogP contribution >= 0.6 is 0 Å². The summed E-state index contributed by atoms with van der Waals surface area (Å²) in [7, 11) is 0. The average molecular weight is 936 g/mol. The zero-order valence-corrected chi connectivity index (χ0v) is 39.1. The van der Waals surface area contributed by atoms with Gasteiger partial charge in [0, 0.05) is 49.8 Å². The number of nitro benzene ring substituents is 1. The number of carbonyl (C=O) groups is 1. The number of aliphatic hydroxyl groups is 2. The molecular weight excluding hydrogens is 875 g/mol. The molecule has 1 aliphatic heterocycles. The van der Waals surface area contributed by atoms with E-state index in [4.69, 9.17) is 28.9 Å². The van der Waals surface area contributed by atoms with Gasteiger partial charge in [-0.3, -0.25) is 15.0 Å². The van der Waals surface area contributed by atoms with Gasteiger partial charge in [-0.25, -0.2) is 4.79 Å². The maximum absolute atomic E-state index is 14.8. The van der Waals surface area contributed by atoms with Gasteiger partial charge in [-0.15, -0.1) is 6.58 Å². The van der Waals surface area contributed by atoms with E-state index in [2.05, 4.69) is 30.9 Å². The third-order valence-electron chi connectivity index (χ3n) is 13.4. The van der Waals surface area contributed by atoms with Crippen LogP contribution < -0.4 is 14.2 Å². The van der Waals surface area contributed by atoms with Crippen molar-refractivity contribution in [3.63, 3.8) is 0 Å². The number of aliphatic hydroxyl groups excluding tert-OH is 2. The molecular formula is C56H61N3O10. The summed E-state index contributed by atoms with van der Waals surface area (Å²) in [4.78, 5) is 33.6. The van der Waals surface area contributed by atoms with Crippen LogP contribution in [0.15, 0.2) is 157 Å². The lowest BCUT2D eigenvalue weighted by Crippen LogP contribution is -2.70. The molecule has 1 saturated carbocycles. The van der Waals surface area contributed by atoms with E-state index >= 15 is 0 Å². The fourth-order valence-electron chi connectivity index (χ4n) is 10.4. The van der Waals surface area contributed by atoms with Gasteiger partial charge in [0.2, 0.25) is 5.79 Å². The molecule has 1 amide bonds. The maximum Gasteiger partial charge on any atom is 0.415 e. The van der Waals surface area contributed by atoms with Crippen LogP contribution in [0.3, 0.4) is 0 Å². The minimum absolute atomic E-state index is 0.00400. The van der Waals surface area contributed by atoms with Gasteiger partial charge >= 0.3 is 6.09 Å². The van der Waals surface area contributed by atoms with Gasteiger partial charge in [-0.2, -0.15) is 0 Å². The number of rotatable bonds is 22. The highest BCUT2D eigenvalue weighted by molar-refractivity contribution is 6.03. The minimum atomic E-state index is -1.51. The molecule has 0 radical (unpaired) electrons. The predicted molar refractivity (Wildman–Crippen MR) is 264 cm³/mol. The van der Waals surface area contributed by atoms with Crippen molar-refractivity contribution >= 4 is 17.5 Å². The van der Waals surface area contributed by atoms with Gasteiger partial charge in [-0.05, 0) is 109 Å². The Hall–Kier alpha value is -6.80. The molecule has 6 unspecified atom stereocenters. The number of oxime groups is 1. The Morgan fingerprint density at radius 1 is 0.870 bits per heavy atom. The lowest BCUT2D eigenvalue weighted by molar-refractivity contribution is -0.384. The van der Waals surface area contributed by atoms with Gasteiger partial charge in [0.15, 0.2) is 0 Å². The Labute approximate surface area is 403 Å². The molecule has 5 aromatic rings. The SMILES string of the molecule is C=CCOC12Oc3ccc(Oc4ccc(-c5ccccc5)cc4)cc3C3C(CCCCO)C(CCCCO)C=C(C(=NOCc4ccccc4)CC1N(CCC)C(=O)Oc1ccc([N+](=O)[O-])cc1)C32. The molecule has 360 valence electrons. The molecule has 13 heteroatoms. The van der Waals surface area contributed by atoms with Gasteiger partial charge in [0.05, 0.1) is 23.2 Å². The fraction of sp³-hybridized carbons (Fsp3) is 0.357. The van der Waals surface area contributed by atoms with Crippen LogP contribution in [0.2, 0.25) is 0 Å². The van der Waals surface area contributed by atoms with Crippen molar-refractivity contribution in [3.8, 4) is 34.1 Å². The molecule has 1 fully saturated rings. The number of allylic oxidation sites excluding steroid dienone is 1. The molecule has 0 saturated heterocycles. The summed E-state index contributed by atoms with van der Waals surface area (Å²) in [6.45, 7) is 6.70. The molecule has 3 aliphatic rings. The number of nitrogens with zero attached hydrogens (tertiary/aromatic N) is 3. The molecule has 5 aromatic carbocycles. The highest BCUT2D eigenvalue weighted by Gasteiger charge is 2.65. The minimum Gasteiger partial charge on any atom is -0.459 e. The summed E-state index contributed by atoms with van der Waals surface area (Å²) >= 11 is 0. The van der Waals surface area contributed by atoms with E-state index in [9.17, 15) is 25.1 Å². The summed E-state index contributed by atoms with van der Waals surface area (Å²) in [5.74, 6) is -0.300. The van der Waals surface area contributed by atoms with Crippen LogP contribution in [0, 0.1) is 27.9 Å². The Bertz CT molecular complexity index is 2570. The van der Waals surface area contributed by atoms with Crippen molar-refractivity contribution < 1.29 is 43.7 Å². The van der Waals surface area contributed by atoms with Crippen molar-refractivity contribution in [3.05, 3.63) is 173 Å². The number of amides is 1. The van der Waals surface area contributed by atoms with E-state index in [1.165, 1.54) is 24.3 Å². The number of unbranched alkanes of at least 4 members (excludes halogenated alkanes) is 2. The number of nitro groups is 1. The van der Waals surface area contributed by atoms with E-state index in [-0.39, 0.29) is 68.6 Å². The first-order chi connectivity index (χ1) is 33.8. The molecule has 1 heterocycles. The Morgan fingerprint density at radius 2 is 1.54 bits per heavy atom. The molecule has 6 atom stereocenters. The summed E-state index contributed by atoms with van der Waals surface area (Å²) in [5, 5.41) is 36.5. The molecule has 2 aliphatic carbocycles. The lowest BCUT2D eigenvalue weighted by Gasteiger charge is -2.59. The van der Waals surface area contributed by atoms with E-state index in [1.807, 2.05) is 91.9 Å². The summed E-state index contributed by atoms with van der Waals surface area (Å²) in [6, 6.07) is 38.4. The first-order valence-corrected chi connectivity index (χ1v) is 24.1. The second-order valence-corrected chi connectivity index (χ2v) is 17.8. The third kappa shape index (κ3) is 11.1. The zero-order chi connectivity index (χ0) is 48.2. The number of benzene rings is 5. The number of hydrogen-bond donors (Lipinski definition) is 2. The van der Waals surface area contributed by atoms with E-state index in [0.29, 0.717) is 42.2 Å². The zero-order valence-electron chi connectivity index (χ0n) is 39.1. The molecule has 8 rings (SSSR count). The van der Waals surface area contributed by atoms with Crippen LogP contribution in [-0.2, 0) is 16.2 Å². The molecule has 69 heavy (non-hydrogen) atoms. The number of non-ortho nitro benzene ring substituents is 1. The fourth-order valence-corrected chi connectivity index (χ4v) is 10.4. The second-order valence-electron chi connectivity index (χ2n) is 17.8. The molecule has 13 nitrogen and oxygen atoms in total. The molecule has 2 N–H and O–H groups in total. The highest BCUT2D eigenvalue weighted by atomic mass is 16.7. The molecule has 0 aromatic heterocycles. The number of fused-ring (bicyclic) bond motifs is 2. The topological polar surface area (TPSA) is 162 Å². The van der Waals surface area contributed by atoms with Crippen LogP contribution in [0.5, 0.6) is 23.0 Å². The highest BCUT2D eigenvalue weighted by Crippen LogP contribution is 2.62. The number of ether oxygens (including phenoxy) is 4. The van der Waals surface area contributed by atoms with Crippen LogP contribution in [0.4, 0.5) is 10.5 Å². The normalized spacial score (nSPS) is 21.8. The van der Waals surface area contributed by atoms with Crippen LogP contribution in [0.25, 0.3) is 11.1 Å². The van der Waals surface area contributed by atoms with E-state index in [1.54, 1.807) is 11.0 Å². The largest absolute Gasteiger partial charge is 0.459 e. The van der Waals surface area contributed by atoms with Gasteiger partial charge in [0.1, 0.15) is 35.6 Å². The Kier molecular flexibility index (Phi) is 16.2. The van der Waals surface area contributed by atoms with Gasteiger partial charge in [0.25, 0.3) is 5.69 Å². The molecule has 0 spiro atoms. The standard InChI is InChI=1S/C56H61N3O10/c1-3-31-58(55(62)68-45-27-23-43(24-28-45)59(63)64)52-37-50(57-66-38-39-15-7-5-8-16-39)48-35-42(19-11-13-32-60)47(20-12-14-33-61)53-49-36-46(29-30-51(49)69-56(52,54(48)53)65-34-4-2)67-44-25-21-41(22-26-44)40-17-9-6-10-18-40/h4-10,15-18,21-30,35-36,42,47,52-54,60-61H,2-3,11-14,19-20,31-34,37-38H2,1H3. The first-order valence-electron chi connectivity index (χ1n) is 24.1. The van der Waals surface area contributed by atoms with E-state index in [0.717, 1.165) is 53.5 Å². The lowest BCUT2D eigenvalue weighted by atomic mass is 9.55. The van der Waals surface area contributed by atoms with Crippen molar-refractivity contribution in [2.45, 2.75) is 82.6 Å². The number of carbonyl (C=O) groups excluding carboxylic acids is 1. The summed E-state index contributed by atoms with van der Waals surface area (Å²) < 4.78 is 27.1. The van der Waals surface area contributed by atoms with Crippen molar-refractivity contribution in [1.29, 1.82) is 0 Å². The Morgan fingerprint density at radius 3 is 2.22 bits per heavy atom. The summed E-state index contributed by atoms with van der Waals surface area (Å²) in [5.41, 5.74) is 5.45. The number of hydrogen-bond acceptors (Lipinski definition) is 11. The van der Waals surface area contributed by atoms with Gasteiger partial charge < -0.3 is 34.0 Å². The first kappa shape index (κ1) is 48.6. The monoisotopic (exact) mass is 935 g/mol. The van der Waals surface area contributed by atoms with Crippen molar-refractivity contribution in [2.75, 3.05) is 26.4 Å². The van der Waals surface area contributed by atoms with Gasteiger partial charge in [-0.1, -0.05) is 110 Å². The predicted octanol–water partition coefficient (Wildman–Crippen LogP) is 11.8. The van der Waals surface area contributed by atoms with Crippen LogP contribution in [0.1, 0.15) is 75.3 Å². The Balaban J connectivity index is 1.28. The molecule has 0 bridgehead atoms. The third-order valence-corrected chi connectivity index (χ3v) is 13.4.